The molecule has 200 valence electrons. The molecule has 8 heteroatoms. The summed E-state index contributed by atoms with van der Waals surface area (Å²) in [6.45, 7) is 6.57. The lowest BCUT2D eigenvalue weighted by molar-refractivity contribution is 0.0509. The molecule has 0 aliphatic carbocycles. The number of imidazole rings is 1. The molecular formula is C32H29N5O3. The number of esters is 1. The fourth-order valence-corrected chi connectivity index (χ4v) is 4.73. The number of carbonyl (C=O) groups is 1. The number of carbonyl (C=O) groups excluding carboxylic acids is 1. The van der Waals surface area contributed by atoms with Gasteiger partial charge in [0.25, 0.3) is 5.56 Å². The molecule has 0 spiro atoms. The third-order valence-electron chi connectivity index (χ3n) is 6.95. The zero-order valence-electron chi connectivity index (χ0n) is 22.6. The maximum Gasteiger partial charge on any atom is 0.338 e. The number of benzene rings is 3. The standard InChI is InChI=1S/C32H29N5O3/c1-32(2,3)27-19-28(36-35-27)37-26-14-13-22(31(39)40-16-15-20-9-5-4-6-10-20)18-25(26)33-29(37)23-17-21-11-7-8-12-24(21)34-30(23)38/h4-14,17-19H,15-16H2,1-3H3,(H,34,38)(H,35,36). The molecule has 8 nitrogen and oxygen atoms in total. The summed E-state index contributed by atoms with van der Waals surface area (Å²) in [5, 5.41) is 8.59. The third kappa shape index (κ3) is 4.80. The van der Waals surface area contributed by atoms with E-state index in [9.17, 15) is 9.59 Å². The summed E-state index contributed by atoms with van der Waals surface area (Å²) in [5.41, 5.74) is 4.44. The molecule has 0 saturated heterocycles. The van der Waals surface area contributed by atoms with E-state index in [1.807, 2.05) is 77.4 Å². The van der Waals surface area contributed by atoms with E-state index >= 15 is 0 Å². The Morgan fingerprint density at radius 1 is 0.950 bits per heavy atom. The summed E-state index contributed by atoms with van der Waals surface area (Å²) in [6.07, 6.45) is 0.633. The van der Waals surface area contributed by atoms with Crippen LogP contribution in [0.25, 0.3) is 39.1 Å². The van der Waals surface area contributed by atoms with Gasteiger partial charge in [0, 0.05) is 29.1 Å². The van der Waals surface area contributed by atoms with E-state index < -0.39 is 5.97 Å². The van der Waals surface area contributed by atoms with Crippen molar-refractivity contribution in [3.05, 3.63) is 112 Å². The number of ether oxygens (including phenoxy) is 1. The van der Waals surface area contributed by atoms with E-state index in [-0.39, 0.29) is 17.6 Å². The first-order valence-corrected chi connectivity index (χ1v) is 13.2. The van der Waals surface area contributed by atoms with Crippen molar-refractivity contribution in [2.75, 3.05) is 6.61 Å². The molecular weight excluding hydrogens is 502 g/mol. The molecule has 2 N–H and O–H groups in total. The molecule has 0 saturated carbocycles. The van der Waals surface area contributed by atoms with Crippen LogP contribution < -0.4 is 5.56 Å². The van der Waals surface area contributed by atoms with Crippen molar-refractivity contribution >= 4 is 27.9 Å². The summed E-state index contributed by atoms with van der Waals surface area (Å²) in [4.78, 5) is 34.0. The lowest BCUT2D eigenvalue weighted by Gasteiger charge is -2.14. The fraction of sp³-hybridized carbons (Fsp3) is 0.188. The summed E-state index contributed by atoms with van der Waals surface area (Å²) in [7, 11) is 0. The van der Waals surface area contributed by atoms with Gasteiger partial charge in [0.1, 0.15) is 0 Å². The smallest absolute Gasteiger partial charge is 0.338 e. The van der Waals surface area contributed by atoms with Crippen LogP contribution in [0.5, 0.6) is 0 Å². The Bertz CT molecular complexity index is 1910. The molecule has 3 aromatic heterocycles. The van der Waals surface area contributed by atoms with Crippen LogP contribution in [0.15, 0.2) is 89.7 Å². The fourth-order valence-electron chi connectivity index (χ4n) is 4.73. The van der Waals surface area contributed by atoms with Crippen LogP contribution >= 0.6 is 0 Å². The number of nitrogens with one attached hydrogen (secondary N) is 2. The average Bonchev–Trinajstić information content (AvgIpc) is 3.58. The molecule has 3 heterocycles. The first-order chi connectivity index (χ1) is 19.3. The second-order valence-electron chi connectivity index (χ2n) is 10.8. The van der Waals surface area contributed by atoms with Crippen LogP contribution in [0.4, 0.5) is 0 Å². The van der Waals surface area contributed by atoms with Crippen molar-refractivity contribution in [2.24, 2.45) is 0 Å². The molecule has 0 amide bonds. The molecule has 0 bridgehead atoms. The van der Waals surface area contributed by atoms with Gasteiger partial charge in [-0.3, -0.25) is 14.5 Å². The normalized spacial score (nSPS) is 11.8. The summed E-state index contributed by atoms with van der Waals surface area (Å²) in [6, 6.07) is 26.5. The van der Waals surface area contributed by atoms with Crippen LogP contribution in [0, 0.1) is 0 Å². The van der Waals surface area contributed by atoms with Crippen LogP contribution in [0.1, 0.15) is 42.4 Å². The van der Waals surface area contributed by atoms with Gasteiger partial charge in [0.15, 0.2) is 11.6 Å². The van der Waals surface area contributed by atoms with Crippen LogP contribution in [-0.4, -0.2) is 37.3 Å². The number of hydrogen-bond acceptors (Lipinski definition) is 5. The van der Waals surface area contributed by atoms with Gasteiger partial charge in [-0.2, -0.15) is 5.10 Å². The Morgan fingerprint density at radius 2 is 1.73 bits per heavy atom. The van der Waals surface area contributed by atoms with E-state index in [0.29, 0.717) is 34.7 Å². The molecule has 0 aliphatic heterocycles. The summed E-state index contributed by atoms with van der Waals surface area (Å²) < 4.78 is 7.40. The van der Waals surface area contributed by atoms with Crippen LogP contribution in [0.2, 0.25) is 0 Å². The molecule has 40 heavy (non-hydrogen) atoms. The topological polar surface area (TPSA) is 106 Å². The Balaban J connectivity index is 1.43. The summed E-state index contributed by atoms with van der Waals surface area (Å²) >= 11 is 0. The number of H-pyrrole nitrogens is 2. The lowest BCUT2D eigenvalue weighted by Crippen LogP contribution is -2.12. The van der Waals surface area contributed by atoms with E-state index in [1.54, 1.807) is 12.1 Å². The first-order valence-electron chi connectivity index (χ1n) is 13.2. The Morgan fingerprint density at radius 3 is 2.50 bits per heavy atom. The van der Waals surface area contributed by atoms with Gasteiger partial charge in [-0.1, -0.05) is 69.3 Å². The predicted molar refractivity (Wildman–Crippen MR) is 156 cm³/mol. The van der Waals surface area contributed by atoms with Crippen molar-refractivity contribution in [3.63, 3.8) is 0 Å². The third-order valence-corrected chi connectivity index (χ3v) is 6.95. The zero-order chi connectivity index (χ0) is 27.9. The highest BCUT2D eigenvalue weighted by Crippen LogP contribution is 2.30. The molecule has 3 aromatic carbocycles. The number of nitrogens with zero attached hydrogens (tertiary/aromatic N) is 3. The monoisotopic (exact) mass is 531 g/mol. The average molecular weight is 532 g/mol. The predicted octanol–water partition coefficient (Wildman–Crippen LogP) is 5.95. The highest BCUT2D eigenvalue weighted by atomic mass is 16.5. The number of hydrogen-bond donors (Lipinski definition) is 2. The maximum absolute atomic E-state index is 13.3. The minimum Gasteiger partial charge on any atom is -0.462 e. The van der Waals surface area contributed by atoms with Gasteiger partial charge in [-0.25, -0.2) is 9.78 Å². The SMILES string of the molecule is CC(C)(C)c1cc(-n2c(-c3cc4ccccc4[nH]c3=O)nc3cc(C(=O)OCCc4ccccc4)ccc32)n[nH]1. The van der Waals surface area contributed by atoms with Gasteiger partial charge in [0.2, 0.25) is 0 Å². The number of pyridine rings is 1. The van der Waals surface area contributed by atoms with Gasteiger partial charge < -0.3 is 9.72 Å². The zero-order valence-corrected chi connectivity index (χ0v) is 22.6. The Kier molecular flexibility index (Phi) is 6.30. The van der Waals surface area contributed by atoms with E-state index in [0.717, 1.165) is 27.7 Å². The van der Waals surface area contributed by atoms with Gasteiger partial charge >= 0.3 is 5.97 Å². The van der Waals surface area contributed by atoms with Crippen molar-refractivity contribution in [1.29, 1.82) is 0 Å². The molecule has 0 aliphatic rings. The minimum absolute atomic E-state index is 0.154. The van der Waals surface area contributed by atoms with Crippen LogP contribution in [-0.2, 0) is 16.6 Å². The number of para-hydroxylation sites is 1. The highest BCUT2D eigenvalue weighted by Gasteiger charge is 2.23. The number of fused-ring (bicyclic) bond motifs is 2. The maximum atomic E-state index is 13.3. The highest BCUT2D eigenvalue weighted by molar-refractivity contribution is 5.95. The summed E-state index contributed by atoms with van der Waals surface area (Å²) in [5.74, 6) is 0.615. The molecule has 0 unspecified atom stereocenters. The van der Waals surface area contributed by atoms with Gasteiger partial charge in [0.05, 0.1) is 28.8 Å². The van der Waals surface area contributed by atoms with Gasteiger partial charge in [-0.15, -0.1) is 0 Å². The molecule has 6 rings (SSSR count). The Labute approximate surface area is 230 Å². The molecule has 0 atom stereocenters. The van der Waals surface area contributed by atoms with E-state index in [2.05, 4.69) is 36.0 Å². The lowest BCUT2D eigenvalue weighted by atomic mass is 9.92. The van der Waals surface area contributed by atoms with Crippen molar-refractivity contribution in [3.8, 4) is 17.2 Å². The second-order valence-corrected chi connectivity index (χ2v) is 10.8. The van der Waals surface area contributed by atoms with Crippen molar-refractivity contribution < 1.29 is 9.53 Å². The Hall–Kier alpha value is -4.98. The van der Waals surface area contributed by atoms with E-state index in [1.165, 1.54) is 0 Å². The first kappa shape index (κ1) is 25.3. The van der Waals surface area contributed by atoms with E-state index in [4.69, 9.17) is 9.72 Å². The van der Waals surface area contributed by atoms with Gasteiger partial charge in [-0.05, 0) is 41.3 Å². The van der Waals surface area contributed by atoms with Crippen molar-refractivity contribution in [1.82, 2.24) is 24.7 Å². The molecule has 6 aromatic rings. The largest absolute Gasteiger partial charge is 0.462 e. The minimum atomic E-state index is -0.424. The second kappa shape index (κ2) is 9.96. The van der Waals surface area contributed by atoms with Crippen molar-refractivity contribution in [2.45, 2.75) is 32.6 Å². The number of aromatic amines is 2. The van der Waals surface area contributed by atoms with Crippen LogP contribution in [0.3, 0.4) is 0 Å². The number of rotatable bonds is 6. The quantitative estimate of drug-likeness (QED) is 0.258. The molecule has 0 radical (unpaired) electrons. The molecule has 0 fully saturated rings. The number of aromatic nitrogens is 5.